The minimum Gasteiger partial charge on any atom is -0.497 e. The summed E-state index contributed by atoms with van der Waals surface area (Å²) in [6.45, 7) is 8.22. The Morgan fingerprint density at radius 2 is 1.74 bits per heavy atom. The van der Waals surface area contributed by atoms with Gasteiger partial charge in [-0.1, -0.05) is 6.07 Å². The predicted octanol–water partition coefficient (Wildman–Crippen LogP) is 5.37. The van der Waals surface area contributed by atoms with Crippen LogP contribution < -0.4 is 15.0 Å². The standard InChI is InChI=1S/C28H33N5O2/c1-19(2)32-9-11-33(12-10-32)25-8-7-20(3)27(16-25)28(34)30-21(4)22-13-23(15-26(14-22)35-6)24-17-29-31(5)18-24/h7-19,21H,1-6H3,(H,30,34)/t21-/m1/s1. The molecule has 0 saturated carbocycles. The van der Waals surface area contributed by atoms with Gasteiger partial charge in [0.15, 0.2) is 0 Å². The molecule has 0 bridgehead atoms. The number of nitrogens with zero attached hydrogens (tertiary/aromatic N) is 4. The molecule has 0 spiro atoms. The number of carbonyl (C=O) groups is 1. The van der Waals surface area contributed by atoms with Gasteiger partial charge in [0.05, 0.1) is 19.3 Å². The van der Waals surface area contributed by atoms with Gasteiger partial charge < -0.3 is 19.9 Å². The number of aryl methyl sites for hydroxylation is 2. The Kier molecular flexibility index (Phi) is 6.96. The Labute approximate surface area is 207 Å². The largest absolute Gasteiger partial charge is 0.497 e. The van der Waals surface area contributed by atoms with Crippen molar-refractivity contribution in [2.45, 2.75) is 39.8 Å². The van der Waals surface area contributed by atoms with Crippen molar-refractivity contribution in [2.75, 3.05) is 12.0 Å². The van der Waals surface area contributed by atoms with Crippen LogP contribution in [0.1, 0.15) is 48.3 Å². The van der Waals surface area contributed by atoms with E-state index in [4.69, 9.17) is 4.74 Å². The first-order chi connectivity index (χ1) is 16.7. The number of anilines is 1. The summed E-state index contributed by atoms with van der Waals surface area (Å²) in [5.74, 6) is 0.621. The van der Waals surface area contributed by atoms with Crippen molar-refractivity contribution in [3.8, 4) is 16.9 Å². The summed E-state index contributed by atoms with van der Waals surface area (Å²) in [4.78, 5) is 17.5. The molecule has 0 unspecified atom stereocenters. The first-order valence-electron chi connectivity index (χ1n) is 11.8. The maximum Gasteiger partial charge on any atom is 0.252 e. The Hall–Kier alpha value is -4.00. The number of hydrogen-bond donors (Lipinski definition) is 1. The van der Waals surface area contributed by atoms with Crippen LogP contribution in [0.3, 0.4) is 0 Å². The summed E-state index contributed by atoms with van der Waals surface area (Å²) in [5, 5.41) is 7.43. The lowest BCUT2D eigenvalue weighted by Crippen LogP contribution is -2.28. The van der Waals surface area contributed by atoms with Gasteiger partial charge in [0.1, 0.15) is 5.75 Å². The van der Waals surface area contributed by atoms with Gasteiger partial charge in [0.25, 0.3) is 5.91 Å². The lowest BCUT2D eigenvalue weighted by Gasteiger charge is -2.28. The Morgan fingerprint density at radius 1 is 1.00 bits per heavy atom. The normalized spacial score (nSPS) is 13.9. The fraction of sp³-hybridized carbons (Fsp3) is 0.286. The molecule has 1 N–H and O–H groups in total. The van der Waals surface area contributed by atoms with E-state index in [1.807, 2.05) is 93.3 Å². The first-order valence-corrected chi connectivity index (χ1v) is 11.8. The first kappa shape index (κ1) is 24.1. The van der Waals surface area contributed by atoms with E-state index in [9.17, 15) is 4.79 Å². The van der Waals surface area contributed by atoms with E-state index in [1.54, 1.807) is 11.8 Å². The molecule has 0 radical (unpaired) electrons. The van der Waals surface area contributed by atoms with E-state index in [0.717, 1.165) is 33.7 Å². The zero-order chi connectivity index (χ0) is 25.1. The maximum atomic E-state index is 13.3. The highest BCUT2D eigenvalue weighted by Gasteiger charge is 2.17. The molecule has 3 aromatic rings. The Morgan fingerprint density at radius 3 is 2.37 bits per heavy atom. The van der Waals surface area contributed by atoms with Gasteiger partial charge >= 0.3 is 0 Å². The highest BCUT2D eigenvalue weighted by atomic mass is 16.5. The van der Waals surface area contributed by atoms with Gasteiger partial charge in [-0.2, -0.15) is 5.10 Å². The van der Waals surface area contributed by atoms with Gasteiger partial charge in [0, 0.05) is 60.9 Å². The molecule has 0 aliphatic carbocycles. The summed E-state index contributed by atoms with van der Waals surface area (Å²) in [6.07, 6.45) is 11.9. The Balaban J connectivity index is 1.55. The van der Waals surface area contributed by atoms with E-state index >= 15 is 0 Å². The fourth-order valence-electron chi connectivity index (χ4n) is 4.01. The summed E-state index contributed by atoms with van der Waals surface area (Å²) in [5.41, 5.74) is 5.46. The molecule has 35 heavy (non-hydrogen) atoms. The molecule has 1 aliphatic heterocycles. The highest BCUT2D eigenvalue weighted by molar-refractivity contribution is 5.97. The van der Waals surface area contributed by atoms with E-state index in [2.05, 4.69) is 35.2 Å². The molecule has 0 fully saturated rings. The number of aromatic nitrogens is 2. The van der Waals surface area contributed by atoms with Gasteiger partial charge in [-0.15, -0.1) is 0 Å². The van der Waals surface area contributed by atoms with Crippen molar-refractivity contribution < 1.29 is 9.53 Å². The summed E-state index contributed by atoms with van der Waals surface area (Å²) >= 11 is 0. The molecule has 1 aromatic heterocycles. The number of methoxy groups -OCH3 is 1. The number of nitrogens with one attached hydrogen (secondary N) is 1. The topological polar surface area (TPSA) is 62.6 Å². The number of carbonyl (C=O) groups excluding carboxylic acids is 1. The molecule has 182 valence electrons. The lowest BCUT2D eigenvalue weighted by atomic mass is 10.0. The SMILES string of the molecule is COc1cc(-c2cnn(C)c2)cc([C@@H](C)NC(=O)c2cc(N3C=CN(C(C)C)C=C3)ccc2C)c1. The second-order valence-electron chi connectivity index (χ2n) is 9.14. The molecule has 7 nitrogen and oxygen atoms in total. The van der Waals surface area contributed by atoms with Crippen molar-refractivity contribution in [1.82, 2.24) is 20.0 Å². The number of ether oxygens (including phenoxy) is 1. The van der Waals surface area contributed by atoms with Crippen LogP contribution in [0, 0.1) is 6.92 Å². The monoisotopic (exact) mass is 471 g/mol. The van der Waals surface area contributed by atoms with Crippen LogP contribution in [0.2, 0.25) is 0 Å². The summed E-state index contributed by atoms with van der Waals surface area (Å²) in [6, 6.07) is 12.1. The van der Waals surface area contributed by atoms with E-state index < -0.39 is 0 Å². The average molecular weight is 472 g/mol. The van der Waals surface area contributed by atoms with Crippen molar-refractivity contribution in [3.05, 3.63) is 90.3 Å². The van der Waals surface area contributed by atoms with Crippen LogP contribution in [0.4, 0.5) is 5.69 Å². The Bertz CT molecular complexity index is 1260. The quantitative estimate of drug-likeness (QED) is 0.502. The molecule has 7 heteroatoms. The van der Waals surface area contributed by atoms with Crippen LogP contribution in [-0.4, -0.2) is 33.7 Å². The van der Waals surface area contributed by atoms with Gasteiger partial charge in [-0.25, -0.2) is 0 Å². The van der Waals surface area contributed by atoms with Gasteiger partial charge in [-0.3, -0.25) is 9.48 Å². The molecule has 1 amide bonds. The molecular weight excluding hydrogens is 438 g/mol. The molecule has 0 saturated heterocycles. The van der Waals surface area contributed by atoms with Crippen molar-refractivity contribution in [3.63, 3.8) is 0 Å². The number of rotatable bonds is 7. The van der Waals surface area contributed by atoms with Crippen LogP contribution in [-0.2, 0) is 7.05 Å². The van der Waals surface area contributed by atoms with Crippen molar-refractivity contribution in [1.29, 1.82) is 0 Å². The minimum absolute atomic E-state index is 0.114. The number of hydrogen-bond acceptors (Lipinski definition) is 5. The lowest BCUT2D eigenvalue weighted by molar-refractivity contribution is 0.0939. The third-order valence-electron chi connectivity index (χ3n) is 6.21. The van der Waals surface area contributed by atoms with Gasteiger partial charge in [0.2, 0.25) is 0 Å². The molecule has 1 aliphatic rings. The molecule has 2 aromatic carbocycles. The highest BCUT2D eigenvalue weighted by Crippen LogP contribution is 2.29. The third-order valence-corrected chi connectivity index (χ3v) is 6.21. The zero-order valence-electron chi connectivity index (χ0n) is 21.2. The molecule has 4 rings (SSSR count). The minimum atomic E-state index is -0.217. The van der Waals surface area contributed by atoms with E-state index in [0.29, 0.717) is 11.6 Å². The number of benzene rings is 2. The van der Waals surface area contributed by atoms with Crippen molar-refractivity contribution in [2.24, 2.45) is 7.05 Å². The van der Waals surface area contributed by atoms with Crippen LogP contribution >= 0.6 is 0 Å². The maximum absolute atomic E-state index is 13.3. The smallest absolute Gasteiger partial charge is 0.252 e. The predicted molar refractivity (Wildman–Crippen MR) is 140 cm³/mol. The second-order valence-corrected chi connectivity index (χ2v) is 9.14. The van der Waals surface area contributed by atoms with Crippen LogP contribution in [0.15, 0.2) is 73.6 Å². The van der Waals surface area contributed by atoms with E-state index in [-0.39, 0.29) is 11.9 Å². The van der Waals surface area contributed by atoms with Crippen molar-refractivity contribution >= 4 is 11.6 Å². The second kappa shape index (κ2) is 10.1. The number of amides is 1. The average Bonchev–Trinajstić information content (AvgIpc) is 3.30. The van der Waals surface area contributed by atoms with Crippen LogP contribution in [0.25, 0.3) is 11.1 Å². The summed E-state index contributed by atoms with van der Waals surface area (Å²) < 4.78 is 7.29. The van der Waals surface area contributed by atoms with Crippen LogP contribution in [0.5, 0.6) is 5.75 Å². The molecule has 2 heterocycles. The van der Waals surface area contributed by atoms with Gasteiger partial charge in [-0.05, 0) is 74.7 Å². The fourth-order valence-corrected chi connectivity index (χ4v) is 4.01. The zero-order valence-corrected chi connectivity index (χ0v) is 21.2. The van der Waals surface area contributed by atoms with E-state index in [1.165, 1.54) is 0 Å². The summed E-state index contributed by atoms with van der Waals surface area (Å²) in [7, 11) is 3.54. The molecule has 1 atom stereocenters. The third kappa shape index (κ3) is 5.40. The molecular formula is C28H33N5O2.